The van der Waals surface area contributed by atoms with Crippen molar-refractivity contribution in [3.8, 4) is 11.5 Å². The molecule has 0 heterocycles. The Labute approximate surface area is 414 Å². The van der Waals surface area contributed by atoms with E-state index in [1.807, 2.05) is 6.08 Å². The maximum Gasteiger partial charge on any atom is 0.339 e. The molecule has 6 rings (SSSR count). The Morgan fingerprint density at radius 3 is 1.77 bits per heavy atom. The fraction of sp³-hybridized carbons (Fsp3) is 0.660. The minimum atomic E-state index is -1.34. The van der Waals surface area contributed by atoms with Gasteiger partial charge < -0.3 is 19.7 Å². The summed E-state index contributed by atoms with van der Waals surface area (Å²) >= 11 is 13.4. The number of carboxylic acid groups (broad SMARTS) is 2. The van der Waals surface area contributed by atoms with E-state index in [1.165, 1.54) is 94.9 Å². The minimum absolute atomic E-state index is 0. The maximum absolute atomic E-state index is 12.6. The van der Waals surface area contributed by atoms with Crippen LogP contribution in [0.3, 0.4) is 0 Å². The number of hydrogen-bond donors (Lipinski definition) is 2. The van der Waals surface area contributed by atoms with Gasteiger partial charge in [-0.15, -0.1) is 0 Å². The van der Waals surface area contributed by atoms with Crippen LogP contribution >= 0.6 is 23.2 Å². The normalized spacial score (nSPS) is 27.8. The van der Waals surface area contributed by atoms with Crippen LogP contribution in [-0.2, 0) is 9.59 Å². The molecule has 0 amide bonds. The maximum atomic E-state index is 12.6. The molecule has 4 fully saturated rings. The monoisotopic (exact) mass is 929 g/mol. The Hall–Kier alpha value is -2.36. The minimum Gasteiger partial charge on any atom is -0.478 e. The van der Waals surface area contributed by atoms with Crippen LogP contribution in [0.25, 0.3) is 5.57 Å². The molecule has 4 aliphatic rings. The molecule has 347 valence electrons. The quantitative estimate of drug-likeness (QED) is 0.0968. The van der Waals surface area contributed by atoms with Gasteiger partial charge in [0.15, 0.2) is 11.5 Å². The number of rotatable bonds is 16. The van der Waals surface area contributed by atoms with Crippen LogP contribution in [0.2, 0.25) is 10.0 Å². The molecule has 4 aliphatic carbocycles. The SMILES string of the molecule is CC(C)CCCC(C)[C@H]1CC[C@H]2[C@@H]3CC[C@H]4C[C@@H](CCC=C(c5cc(Cl)c(OC(=O)C(C)C)c(C(=O)O)c5)c5cc(Cl)c(OC(=O)C(C)C)c(C(=O)O)c5)CC[C@]4(C)[C@H]3CC[C@]12C.[Na]. The van der Waals surface area contributed by atoms with Crippen molar-refractivity contribution in [1.82, 2.24) is 0 Å². The van der Waals surface area contributed by atoms with Gasteiger partial charge in [0, 0.05) is 29.6 Å². The van der Waals surface area contributed by atoms with Crippen molar-refractivity contribution in [1.29, 1.82) is 0 Å². The fourth-order valence-electron chi connectivity index (χ4n) is 13.0. The number of esters is 2. The second kappa shape index (κ2) is 21.7. The predicted molar refractivity (Wildman–Crippen MR) is 256 cm³/mol. The molecule has 0 spiro atoms. The van der Waals surface area contributed by atoms with Gasteiger partial charge in [-0.2, -0.15) is 0 Å². The average molecular weight is 931 g/mol. The van der Waals surface area contributed by atoms with Gasteiger partial charge in [-0.05, 0) is 170 Å². The number of benzene rings is 2. The van der Waals surface area contributed by atoms with E-state index in [-0.39, 0.29) is 62.2 Å². The molecule has 1 radical (unpaired) electrons. The zero-order chi connectivity index (χ0) is 46.1. The summed E-state index contributed by atoms with van der Waals surface area (Å²) in [5.74, 6) is 0.629. The van der Waals surface area contributed by atoms with Gasteiger partial charge in [-0.1, -0.05) is 111 Å². The van der Waals surface area contributed by atoms with Crippen molar-refractivity contribution >= 4 is 82.2 Å². The number of hydrogen-bond acceptors (Lipinski definition) is 6. The van der Waals surface area contributed by atoms with Gasteiger partial charge in [0.1, 0.15) is 11.1 Å². The van der Waals surface area contributed by atoms with E-state index in [1.54, 1.807) is 27.7 Å². The zero-order valence-corrected chi connectivity index (χ0v) is 43.7. The van der Waals surface area contributed by atoms with Crippen molar-refractivity contribution in [2.24, 2.45) is 70.0 Å². The molecule has 11 heteroatoms. The predicted octanol–water partition coefficient (Wildman–Crippen LogP) is 14.1. The number of carbonyl (C=O) groups is 4. The topological polar surface area (TPSA) is 127 Å². The van der Waals surface area contributed by atoms with E-state index < -0.39 is 35.7 Å². The van der Waals surface area contributed by atoms with Crippen LogP contribution < -0.4 is 9.47 Å². The molecule has 4 saturated carbocycles. The van der Waals surface area contributed by atoms with Crippen molar-refractivity contribution in [3.63, 3.8) is 0 Å². The van der Waals surface area contributed by atoms with Crippen molar-refractivity contribution in [2.75, 3.05) is 0 Å². The van der Waals surface area contributed by atoms with E-state index in [4.69, 9.17) is 32.7 Å². The molecular weight excluding hydrogens is 858 g/mol. The van der Waals surface area contributed by atoms with E-state index >= 15 is 0 Å². The number of carboxylic acids is 2. The molecule has 0 aromatic heterocycles. The molecule has 64 heavy (non-hydrogen) atoms. The van der Waals surface area contributed by atoms with E-state index in [9.17, 15) is 29.4 Å². The summed E-state index contributed by atoms with van der Waals surface area (Å²) in [7, 11) is 0. The molecule has 1 unspecified atom stereocenters. The summed E-state index contributed by atoms with van der Waals surface area (Å²) in [4.78, 5) is 50.4. The number of ether oxygens (including phenoxy) is 2. The second-order valence-corrected chi connectivity index (χ2v) is 22.3. The number of aromatic carboxylic acids is 2. The molecule has 2 N–H and O–H groups in total. The van der Waals surface area contributed by atoms with E-state index in [0.29, 0.717) is 45.8 Å². The molecule has 0 saturated heterocycles. The Bertz CT molecular complexity index is 1990. The third-order valence-corrected chi connectivity index (χ3v) is 17.0. The van der Waals surface area contributed by atoms with Gasteiger partial charge in [0.25, 0.3) is 0 Å². The molecule has 8 nitrogen and oxygen atoms in total. The van der Waals surface area contributed by atoms with Crippen LogP contribution in [0, 0.1) is 70.0 Å². The van der Waals surface area contributed by atoms with Crippen LogP contribution in [0.5, 0.6) is 11.5 Å². The zero-order valence-electron chi connectivity index (χ0n) is 40.2. The largest absolute Gasteiger partial charge is 0.478 e. The van der Waals surface area contributed by atoms with Crippen molar-refractivity contribution < 1.29 is 38.9 Å². The van der Waals surface area contributed by atoms with Crippen LogP contribution in [0.15, 0.2) is 30.3 Å². The molecule has 2 aromatic carbocycles. The first-order chi connectivity index (χ1) is 29.7. The third kappa shape index (κ3) is 11.1. The van der Waals surface area contributed by atoms with Gasteiger partial charge >= 0.3 is 23.9 Å². The number of allylic oxidation sites excluding steroid dienone is 1. The fourth-order valence-corrected chi connectivity index (χ4v) is 13.5. The second-order valence-electron chi connectivity index (χ2n) is 21.5. The van der Waals surface area contributed by atoms with E-state index in [2.05, 4.69) is 34.6 Å². The summed E-state index contributed by atoms with van der Waals surface area (Å²) in [6.45, 7) is 19.1. The van der Waals surface area contributed by atoms with Gasteiger partial charge in [-0.25, -0.2) is 9.59 Å². The summed E-state index contributed by atoms with van der Waals surface area (Å²) in [6, 6.07) is 5.85. The van der Waals surface area contributed by atoms with Crippen LogP contribution in [0.1, 0.15) is 184 Å². The molecule has 9 atom stereocenters. The first-order valence-electron chi connectivity index (χ1n) is 23.9. The standard InChI is InChI=1S/C53H72Cl2O8.Na/c1-29(2)12-10-13-32(7)41-18-19-42-38-17-16-36-24-33(20-22-52(36,8)43(38)21-23-53(41,42)9)14-11-15-37(34-25-39(48(56)57)46(44(54)27-34)62-50(60)30(3)4)35-26-40(49(58)59)47(45(55)28-35)63-51(61)31(5)6;/h15,25-33,36,38,41-43H,10-14,16-24H2,1-9H3,(H,56,57)(H,58,59);/t32?,33-,36-,38-,41+,42-,43-,52-,53+;/m0./s1. The first-order valence-corrected chi connectivity index (χ1v) is 24.7. The molecular formula is C53H72Cl2NaO8. The smallest absolute Gasteiger partial charge is 0.339 e. The summed E-state index contributed by atoms with van der Waals surface area (Å²) < 4.78 is 10.9. The molecule has 0 aliphatic heterocycles. The number of carbonyl (C=O) groups excluding carboxylic acids is 2. The first kappa shape index (κ1) is 52.6. The number of fused-ring (bicyclic) bond motifs is 5. The Morgan fingerprint density at radius 2 is 1.25 bits per heavy atom. The Kier molecular flexibility index (Phi) is 17.9. The van der Waals surface area contributed by atoms with Gasteiger partial charge in [-0.3, -0.25) is 9.59 Å². The van der Waals surface area contributed by atoms with Crippen LogP contribution in [-0.4, -0.2) is 63.6 Å². The third-order valence-electron chi connectivity index (χ3n) is 16.4. The Morgan fingerprint density at radius 1 is 0.719 bits per heavy atom. The summed E-state index contributed by atoms with van der Waals surface area (Å²) in [6.07, 6.45) is 19.4. The summed E-state index contributed by atoms with van der Waals surface area (Å²) in [5, 5.41) is 20.4. The average Bonchev–Trinajstić information content (AvgIpc) is 3.57. The molecule has 0 bridgehead atoms. The van der Waals surface area contributed by atoms with Gasteiger partial charge in [0.2, 0.25) is 0 Å². The van der Waals surface area contributed by atoms with Crippen LogP contribution in [0.4, 0.5) is 0 Å². The van der Waals surface area contributed by atoms with Crippen molar-refractivity contribution in [2.45, 2.75) is 152 Å². The molecule has 2 aromatic rings. The number of halogens is 2. The van der Waals surface area contributed by atoms with Crippen molar-refractivity contribution in [3.05, 3.63) is 62.6 Å². The van der Waals surface area contributed by atoms with Gasteiger partial charge in [0.05, 0.1) is 21.9 Å². The van der Waals surface area contributed by atoms with E-state index in [0.717, 1.165) is 48.3 Å². The Balaban J connectivity index is 0.00000771. The summed E-state index contributed by atoms with van der Waals surface area (Å²) in [5.41, 5.74) is 1.52.